The number of phenols is 1. The molecule has 0 aliphatic heterocycles. The Hall–Kier alpha value is -1.12. The van der Waals surface area contributed by atoms with Gasteiger partial charge in [0.2, 0.25) is 0 Å². The molecule has 1 nitrogen and oxygen atoms in total. The van der Waals surface area contributed by atoms with E-state index < -0.39 is 17.4 Å². The van der Waals surface area contributed by atoms with Crippen LogP contribution in [-0.2, 0) is 0 Å². The van der Waals surface area contributed by atoms with Gasteiger partial charge >= 0.3 is 0 Å². The Kier molecular flexibility index (Phi) is 2.89. The van der Waals surface area contributed by atoms with Crippen molar-refractivity contribution in [1.82, 2.24) is 0 Å². The van der Waals surface area contributed by atoms with E-state index in [9.17, 15) is 8.78 Å². The van der Waals surface area contributed by atoms with Crippen LogP contribution < -0.4 is 0 Å². The Labute approximate surface area is 87.7 Å². The van der Waals surface area contributed by atoms with Crippen LogP contribution in [0.1, 0.15) is 43.6 Å². The van der Waals surface area contributed by atoms with Crippen molar-refractivity contribution < 1.29 is 13.9 Å². The van der Waals surface area contributed by atoms with Crippen molar-refractivity contribution in [2.45, 2.75) is 38.0 Å². The number of benzene rings is 1. The SMILES string of the molecule is Oc1c(F)cc(C2CCCCC2)cc1F. The second-order valence-electron chi connectivity index (χ2n) is 4.17. The highest BCUT2D eigenvalue weighted by Crippen LogP contribution is 2.35. The number of hydrogen-bond acceptors (Lipinski definition) is 1. The van der Waals surface area contributed by atoms with Gasteiger partial charge in [0.1, 0.15) is 0 Å². The molecule has 0 aromatic heterocycles. The minimum Gasteiger partial charge on any atom is -0.503 e. The molecule has 0 unspecified atom stereocenters. The first-order valence-electron chi connectivity index (χ1n) is 5.36. The van der Waals surface area contributed by atoms with Crippen LogP contribution in [0.25, 0.3) is 0 Å². The Balaban J connectivity index is 2.27. The zero-order valence-corrected chi connectivity index (χ0v) is 8.47. The summed E-state index contributed by atoms with van der Waals surface area (Å²) >= 11 is 0. The van der Waals surface area contributed by atoms with Gasteiger partial charge in [-0.05, 0) is 36.5 Å². The molecule has 0 radical (unpaired) electrons. The van der Waals surface area contributed by atoms with E-state index in [2.05, 4.69) is 0 Å². The van der Waals surface area contributed by atoms with Crippen molar-refractivity contribution in [2.75, 3.05) is 0 Å². The molecule has 0 atom stereocenters. The fourth-order valence-corrected chi connectivity index (χ4v) is 2.26. The van der Waals surface area contributed by atoms with Crippen LogP contribution in [0.4, 0.5) is 8.78 Å². The second kappa shape index (κ2) is 4.17. The molecule has 1 saturated carbocycles. The lowest BCUT2D eigenvalue weighted by atomic mass is 9.84. The van der Waals surface area contributed by atoms with Crippen LogP contribution in [0.2, 0.25) is 0 Å². The molecule has 15 heavy (non-hydrogen) atoms. The minimum absolute atomic E-state index is 0.253. The lowest BCUT2D eigenvalue weighted by Crippen LogP contribution is -2.05. The molecule has 1 N–H and O–H groups in total. The normalized spacial score (nSPS) is 18.0. The standard InChI is InChI=1S/C12H14F2O/c13-10-6-9(7-11(14)12(10)15)8-4-2-1-3-5-8/h6-8,15H,1-5H2. The Morgan fingerprint density at radius 3 is 2.07 bits per heavy atom. The summed E-state index contributed by atoms with van der Waals surface area (Å²) in [5.41, 5.74) is 0.683. The Morgan fingerprint density at radius 1 is 1.00 bits per heavy atom. The van der Waals surface area contributed by atoms with Crippen LogP contribution in [-0.4, -0.2) is 5.11 Å². The second-order valence-corrected chi connectivity index (χ2v) is 4.17. The van der Waals surface area contributed by atoms with Gasteiger partial charge in [-0.3, -0.25) is 0 Å². The van der Waals surface area contributed by atoms with E-state index in [4.69, 9.17) is 5.11 Å². The number of hydrogen-bond donors (Lipinski definition) is 1. The maximum absolute atomic E-state index is 13.1. The summed E-state index contributed by atoms with van der Waals surface area (Å²) in [5.74, 6) is -2.32. The van der Waals surface area contributed by atoms with E-state index in [1.807, 2.05) is 0 Å². The fourth-order valence-electron chi connectivity index (χ4n) is 2.26. The first-order chi connectivity index (χ1) is 7.18. The maximum atomic E-state index is 13.1. The zero-order valence-electron chi connectivity index (χ0n) is 8.47. The average Bonchev–Trinajstić information content (AvgIpc) is 2.26. The zero-order chi connectivity index (χ0) is 10.8. The smallest absolute Gasteiger partial charge is 0.187 e. The summed E-state index contributed by atoms with van der Waals surface area (Å²) in [4.78, 5) is 0. The predicted octanol–water partition coefficient (Wildman–Crippen LogP) is 3.72. The van der Waals surface area contributed by atoms with Gasteiger partial charge in [-0.1, -0.05) is 19.3 Å². The van der Waals surface area contributed by atoms with Crippen molar-refractivity contribution >= 4 is 0 Å². The molecule has 1 aliphatic carbocycles. The quantitative estimate of drug-likeness (QED) is 0.752. The number of phenolic OH excluding ortho intramolecular Hbond substituents is 1. The summed E-state index contributed by atoms with van der Waals surface area (Å²) in [5, 5.41) is 8.98. The van der Waals surface area contributed by atoms with Crippen molar-refractivity contribution in [2.24, 2.45) is 0 Å². The Morgan fingerprint density at radius 2 is 1.53 bits per heavy atom. The molecule has 0 heterocycles. The van der Waals surface area contributed by atoms with Crippen molar-refractivity contribution in [3.63, 3.8) is 0 Å². The molecule has 1 aromatic rings. The first-order valence-corrected chi connectivity index (χ1v) is 5.36. The average molecular weight is 212 g/mol. The third-order valence-corrected chi connectivity index (χ3v) is 3.12. The summed E-state index contributed by atoms with van der Waals surface area (Å²) < 4.78 is 26.2. The minimum atomic E-state index is -0.866. The summed E-state index contributed by atoms with van der Waals surface area (Å²) in [6.45, 7) is 0. The number of halogens is 2. The monoisotopic (exact) mass is 212 g/mol. The van der Waals surface area contributed by atoms with E-state index in [1.165, 1.54) is 18.6 Å². The van der Waals surface area contributed by atoms with Gasteiger partial charge in [0.25, 0.3) is 0 Å². The van der Waals surface area contributed by atoms with Crippen LogP contribution in [0.3, 0.4) is 0 Å². The fraction of sp³-hybridized carbons (Fsp3) is 0.500. The molecule has 0 saturated heterocycles. The van der Waals surface area contributed by atoms with E-state index in [0.29, 0.717) is 5.56 Å². The van der Waals surface area contributed by atoms with Gasteiger partial charge in [0.05, 0.1) is 0 Å². The van der Waals surface area contributed by atoms with Crippen LogP contribution >= 0.6 is 0 Å². The van der Waals surface area contributed by atoms with Gasteiger partial charge in [-0.15, -0.1) is 0 Å². The maximum Gasteiger partial charge on any atom is 0.187 e. The van der Waals surface area contributed by atoms with Gasteiger partial charge < -0.3 is 5.11 Å². The van der Waals surface area contributed by atoms with Crippen LogP contribution in [0.5, 0.6) is 5.75 Å². The van der Waals surface area contributed by atoms with Gasteiger partial charge in [-0.2, -0.15) is 0 Å². The lowest BCUT2D eigenvalue weighted by molar-refractivity contribution is 0.390. The highest BCUT2D eigenvalue weighted by molar-refractivity contribution is 5.32. The molecule has 2 rings (SSSR count). The third-order valence-electron chi connectivity index (χ3n) is 3.12. The molecular weight excluding hydrogens is 198 g/mol. The molecule has 1 aliphatic rings. The molecular formula is C12H14F2O. The molecule has 82 valence electrons. The van der Waals surface area contributed by atoms with Crippen molar-refractivity contribution in [3.8, 4) is 5.75 Å². The lowest BCUT2D eigenvalue weighted by Gasteiger charge is -2.22. The summed E-state index contributed by atoms with van der Waals surface area (Å²) in [6.07, 6.45) is 5.43. The molecule has 0 spiro atoms. The van der Waals surface area contributed by atoms with Gasteiger partial charge in [0, 0.05) is 0 Å². The van der Waals surface area contributed by atoms with Crippen LogP contribution in [0, 0.1) is 11.6 Å². The highest BCUT2D eigenvalue weighted by Gasteiger charge is 2.19. The molecule has 1 aromatic carbocycles. The topological polar surface area (TPSA) is 20.2 Å². The molecule has 0 amide bonds. The number of aromatic hydroxyl groups is 1. The van der Waals surface area contributed by atoms with Crippen molar-refractivity contribution in [1.29, 1.82) is 0 Å². The predicted molar refractivity (Wildman–Crippen MR) is 53.8 cm³/mol. The first kappa shape index (κ1) is 10.4. The molecule has 1 fully saturated rings. The third kappa shape index (κ3) is 2.11. The highest BCUT2D eigenvalue weighted by atomic mass is 19.1. The van der Waals surface area contributed by atoms with E-state index >= 15 is 0 Å². The summed E-state index contributed by atoms with van der Waals surface area (Å²) in [7, 11) is 0. The van der Waals surface area contributed by atoms with E-state index in [1.54, 1.807) is 0 Å². The molecule has 0 bridgehead atoms. The summed E-state index contributed by atoms with van der Waals surface area (Å²) in [6, 6.07) is 2.52. The van der Waals surface area contributed by atoms with Gasteiger partial charge in [0.15, 0.2) is 17.4 Å². The van der Waals surface area contributed by atoms with Crippen LogP contribution in [0.15, 0.2) is 12.1 Å². The van der Waals surface area contributed by atoms with E-state index in [0.717, 1.165) is 25.7 Å². The largest absolute Gasteiger partial charge is 0.503 e. The molecule has 3 heteroatoms. The van der Waals surface area contributed by atoms with Gasteiger partial charge in [-0.25, -0.2) is 8.78 Å². The van der Waals surface area contributed by atoms with Crippen molar-refractivity contribution in [3.05, 3.63) is 29.3 Å². The Bertz CT molecular complexity index is 334. The number of rotatable bonds is 1. The van der Waals surface area contributed by atoms with E-state index in [-0.39, 0.29) is 5.92 Å².